The maximum Gasteiger partial charge on any atom is 0.326 e. The Morgan fingerprint density at radius 2 is 2.00 bits per heavy atom. The van der Waals surface area contributed by atoms with E-state index in [4.69, 9.17) is 9.47 Å². The third-order valence-electron chi connectivity index (χ3n) is 2.96. The second kappa shape index (κ2) is 8.31. The van der Waals surface area contributed by atoms with E-state index >= 15 is 0 Å². The smallest absolute Gasteiger partial charge is 0.326 e. The molecule has 23 heavy (non-hydrogen) atoms. The van der Waals surface area contributed by atoms with Gasteiger partial charge in [-0.3, -0.25) is 4.79 Å². The first kappa shape index (κ1) is 19.4. The number of benzene rings is 1. The van der Waals surface area contributed by atoms with E-state index in [0.717, 1.165) is 0 Å². The molecule has 1 rings (SSSR count). The number of carbonyl (C=O) groups is 2. The number of hydrogen-bond donors (Lipinski definition) is 2. The molecule has 2 N–H and O–H groups in total. The van der Waals surface area contributed by atoms with Crippen LogP contribution in [0.5, 0.6) is 5.75 Å². The molecule has 0 saturated carbocycles. The van der Waals surface area contributed by atoms with Crippen molar-refractivity contribution in [2.45, 2.75) is 38.8 Å². The second-order valence-corrected chi connectivity index (χ2v) is 6.82. The number of methoxy groups -OCH3 is 1. The van der Waals surface area contributed by atoms with E-state index in [1.54, 1.807) is 18.2 Å². The molecule has 6 nitrogen and oxygen atoms in total. The predicted molar refractivity (Wildman–Crippen MR) is 89.9 cm³/mol. The van der Waals surface area contributed by atoms with Gasteiger partial charge in [0.1, 0.15) is 11.8 Å². The molecule has 0 aliphatic heterocycles. The van der Waals surface area contributed by atoms with Gasteiger partial charge >= 0.3 is 5.97 Å². The van der Waals surface area contributed by atoms with Crippen molar-refractivity contribution >= 4 is 27.8 Å². The van der Waals surface area contributed by atoms with E-state index in [2.05, 4.69) is 21.2 Å². The van der Waals surface area contributed by atoms with Crippen LogP contribution in [0.4, 0.5) is 0 Å². The first-order valence-corrected chi connectivity index (χ1v) is 7.94. The highest BCUT2D eigenvalue weighted by Gasteiger charge is 2.22. The van der Waals surface area contributed by atoms with Crippen molar-refractivity contribution in [2.24, 2.45) is 0 Å². The number of carbonyl (C=O) groups excluding carboxylic acids is 1. The maximum atomic E-state index is 12.2. The number of rotatable bonds is 7. The van der Waals surface area contributed by atoms with Crippen molar-refractivity contribution in [2.75, 3.05) is 13.7 Å². The van der Waals surface area contributed by atoms with Crippen LogP contribution in [-0.2, 0) is 9.53 Å². The summed E-state index contributed by atoms with van der Waals surface area (Å²) in [6.07, 6.45) is 0.190. The third kappa shape index (κ3) is 6.58. The van der Waals surface area contributed by atoms with E-state index in [-0.39, 0.29) is 18.6 Å². The van der Waals surface area contributed by atoms with Crippen LogP contribution in [-0.4, -0.2) is 42.3 Å². The lowest BCUT2D eigenvalue weighted by Gasteiger charge is -2.21. The lowest BCUT2D eigenvalue weighted by atomic mass is 10.1. The minimum atomic E-state index is -1.09. The summed E-state index contributed by atoms with van der Waals surface area (Å²) in [5, 5.41) is 11.7. The molecule has 0 bridgehead atoms. The molecule has 0 aliphatic carbocycles. The van der Waals surface area contributed by atoms with Crippen molar-refractivity contribution in [3.8, 4) is 5.75 Å². The molecule has 0 aromatic heterocycles. The zero-order valence-electron chi connectivity index (χ0n) is 13.7. The molecular weight excluding hydrogens is 366 g/mol. The standard InChI is InChI=1S/C16H22BrNO5/c1-16(2,3)23-8-7-12(15(20)21)18-14(19)10-5-6-13(22-4)11(17)9-10/h5-6,9,12H,7-8H2,1-4H3,(H,18,19)(H,20,21). The first-order valence-electron chi connectivity index (χ1n) is 7.15. The molecule has 0 aliphatic rings. The summed E-state index contributed by atoms with van der Waals surface area (Å²) in [7, 11) is 1.52. The number of ether oxygens (including phenoxy) is 2. The summed E-state index contributed by atoms with van der Waals surface area (Å²) < 4.78 is 11.2. The normalized spacial score (nSPS) is 12.6. The van der Waals surface area contributed by atoms with Crippen LogP contribution in [0.15, 0.2) is 22.7 Å². The largest absolute Gasteiger partial charge is 0.496 e. The van der Waals surface area contributed by atoms with Gasteiger partial charge in [0.25, 0.3) is 5.91 Å². The molecule has 0 saturated heterocycles. The van der Waals surface area contributed by atoms with Crippen molar-refractivity contribution < 1.29 is 24.2 Å². The van der Waals surface area contributed by atoms with Gasteiger partial charge < -0.3 is 19.9 Å². The Hall–Kier alpha value is -1.60. The lowest BCUT2D eigenvalue weighted by Crippen LogP contribution is -2.42. The molecule has 0 fully saturated rings. The van der Waals surface area contributed by atoms with Crippen LogP contribution in [0.1, 0.15) is 37.6 Å². The van der Waals surface area contributed by atoms with Crippen LogP contribution in [0, 0.1) is 0 Å². The summed E-state index contributed by atoms with van der Waals surface area (Å²) in [6.45, 7) is 5.90. The molecular formula is C16H22BrNO5. The molecule has 1 aromatic carbocycles. The van der Waals surface area contributed by atoms with Crippen molar-refractivity contribution in [1.82, 2.24) is 5.32 Å². The molecule has 128 valence electrons. The van der Waals surface area contributed by atoms with Gasteiger partial charge in [0, 0.05) is 18.6 Å². The Labute approximate surface area is 144 Å². The summed E-state index contributed by atoms with van der Waals surface area (Å²) in [5.74, 6) is -0.963. The number of halogens is 1. The molecule has 0 spiro atoms. The Bertz CT molecular complexity index is 568. The van der Waals surface area contributed by atoms with Gasteiger partial charge in [-0.15, -0.1) is 0 Å². The van der Waals surface area contributed by atoms with Gasteiger partial charge in [-0.25, -0.2) is 4.79 Å². The summed E-state index contributed by atoms with van der Waals surface area (Å²) >= 11 is 3.29. The fourth-order valence-electron chi connectivity index (χ4n) is 1.79. The zero-order valence-corrected chi connectivity index (χ0v) is 15.3. The van der Waals surface area contributed by atoms with Gasteiger partial charge in [0.2, 0.25) is 0 Å². The van der Waals surface area contributed by atoms with E-state index < -0.39 is 17.9 Å². The van der Waals surface area contributed by atoms with Gasteiger partial charge in [-0.1, -0.05) is 0 Å². The van der Waals surface area contributed by atoms with Gasteiger partial charge in [-0.05, 0) is 54.9 Å². The van der Waals surface area contributed by atoms with E-state index in [1.807, 2.05) is 20.8 Å². The molecule has 7 heteroatoms. The molecule has 1 aromatic rings. The highest BCUT2D eigenvalue weighted by molar-refractivity contribution is 9.10. The molecule has 0 radical (unpaired) electrons. The lowest BCUT2D eigenvalue weighted by molar-refractivity contribution is -0.140. The first-order chi connectivity index (χ1) is 10.6. The summed E-state index contributed by atoms with van der Waals surface area (Å²) in [5.41, 5.74) is -0.00543. The van der Waals surface area contributed by atoms with Crippen LogP contribution in [0.25, 0.3) is 0 Å². The van der Waals surface area contributed by atoms with Crippen LogP contribution in [0.2, 0.25) is 0 Å². The number of aliphatic carboxylic acids is 1. The SMILES string of the molecule is COc1ccc(C(=O)NC(CCOC(C)(C)C)C(=O)O)cc1Br. The predicted octanol–water partition coefficient (Wildman–Crippen LogP) is 2.85. The summed E-state index contributed by atoms with van der Waals surface area (Å²) in [4.78, 5) is 23.5. The molecule has 1 amide bonds. The van der Waals surface area contributed by atoms with E-state index in [9.17, 15) is 14.7 Å². The highest BCUT2D eigenvalue weighted by atomic mass is 79.9. The quantitative estimate of drug-likeness (QED) is 0.751. The van der Waals surface area contributed by atoms with Crippen molar-refractivity contribution in [1.29, 1.82) is 0 Å². The average Bonchev–Trinajstić information content (AvgIpc) is 2.44. The fraction of sp³-hybridized carbons (Fsp3) is 0.500. The number of amides is 1. The molecule has 1 atom stereocenters. The van der Waals surface area contributed by atoms with Gasteiger partial charge in [-0.2, -0.15) is 0 Å². The number of carboxylic acid groups (broad SMARTS) is 1. The third-order valence-corrected chi connectivity index (χ3v) is 3.58. The monoisotopic (exact) mass is 387 g/mol. The van der Waals surface area contributed by atoms with Crippen molar-refractivity contribution in [3.63, 3.8) is 0 Å². The Morgan fingerprint density at radius 1 is 1.35 bits per heavy atom. The Balaban J connectivity index is 2.70. The minimum Gasteiger partial charge on any atom is -0.496 e. The van der Waals surface area contributed by atoms with E-state index in [0.29, 0.717) is 15.8 Å². The Morgan fingerprint density at radius 3 is 2.48 bits per heavy atom. The Kier molecular flexibility index (Phi) is 7.02. The maximum absolute atomic E-state index is 12.2. The number of hydrogen-bond acceptors (Lipinski definition) is 4. The number of nitrogens with one attached hydrogen (secondary N) is 1. The topological polar surface area (TPSA) is 84.9 Å². The van der Waals surface area contributed by atoms with Crippen LogP contribution in [0.3, 0.4) is 0 Å². The van der Waals surface area contributed by atoms with Crippen molar-refractivity contribution in [3.05, 3.63) is 28.2 Å². The fourth-order valence-corrected chi connectivity index (χ4v) is 2.33. The zero-order chi connectivity index (χ0) is 17.6. The minimum absolute atomic E-state index is 0.190. The highest BCUT2D eigenvalue weighted by Crippen LogP contribution is 2.25. The summed E-state index contributed by atoms with van der Waals surface area (Å²) in [6, 6.07) is 3.78. The molecule has 0 heterocycles. The molecule has 1 unspecified atom stereocenters. The van der Waals surface area contributed by atoms with Gasteiger partial charge in [0.05, 0.1) is 17.2 Å². The number of carboxylic acids is 1. The van der Waals surface area contributed by atoms with Crippen LogP contribution < -0.4 is 10.1 Å². The second-order valence-electron chi connectivity index (χ2n) is 5.96. The van der Waals surface area contributed by atoms with Crippen LogP contribution >= 0.6 is 15.9 Å². The van der Waals surface area contributed by atoms with E-state index in [1.165, 1.54) is 7.11 Å². The van der Waals surface area contributed by atoms with Gasteiger partial charge in [0.15, 0.2) is 0 Å². The average molecular weight is 388 g/mol.